The van der Waals surface area contributed by atoms with Gasteiger partial charge in [0.15, 0.2) is 5.96 Å². The number of nitrogens with zero attached hydrogens (tertiary/aromatic N) is 2. The Hall–Kier alpha value is -1.26. The molecule has 3 aromatic rings. The van der Waals surface area contributed by atoms with Gasteiger partial charge in [0.2, 0.25) is 0 Å². The molecule has 0 aliphatic carbocycles. The highest BCUT2D eigenvalue weighted by atomic mass is 127. The molecule has 2 aromatic heterocycles. The lowest BCUT2D eigenvalue weighted by molar-refractivity contribution is 0.488. The van der Waals surface area contributed by atoms with Crippen molar-refractivity contribution in [2.24, 2.45) is 4.99 Å². The van der Waals surface area contributed by atoms with Gasteiger partial charge in [0, 0.05) is 36.3 Å². The molecule has 5 nitrogen and oxygen atoms in total. The van der Waals surface area contributed by atoms with Crippen LogP contribution < -0.4 is 10.6 Å². The van der Waals surface area contributed by atoms with E-state index in [0.717, 1.165) is 45.7 Å². The SMILES string of the molecule is CN=C(NCCCSc1nccs1)NC(C)c1cc2ccccc2o1.I. The van der Waals surface area contributed by atoms with E-state index in [-0.39, 0.29) is 30.0 Å². The van der Waals surface area contributed by atoms with Crippen LogP contribution in [0.4, 0.5) is 0 Å². The molecule has 1 aromatic carbocycles. The predicted octanol–water partition coefficient (Wildman–Crippen LogP) is 4.92. The van der Waals surface area contributed by atoms with Crippen molar-refractivity contribution in [3.8, 4) is 0 Å². The molecule has 0 aliphatic rings. The molecule has 1 atom stereocenters. The van der Waals surface area contributed by atoms with Gasteiger partial charge in [-0.2, -0.15) is 0 Å². The average molecular weight is 502 g/mol. The van der Waals surface area contributed by atoms with Crippen LogP contribution in [0.5, 0.6) is 0 Å². The Kier molecular flexibility index (Phi) is 8.73. The number of furan rings is 1. The Morgan fingerprint density at radius 1 is 1.38 bits per heavy atom. The van der Waals surface area contributed by atoms with Crippen LogP contribution in [0.15, 0.2) is 55.7 Å². The third-order valence-electron chi connectivity index (χ3n) is 3.70. The van der Waals surface area contributed by atoms with Gasteiger partial charge in [0.05, 0.1) is 6.04 Å². The van der Waals surface area contributed by atoms with Crippen LogP contribution in [0.25, 0.3) is 11.0 Å². The van der Waals surface area contributed by atoms with E-state index in [1.54, 1.807) is 30.1 Å². The van der Waals surface area contributed by atoms with Crippen LogP contribution in [0.1, 0.15) is 25.1 Å². The minimum atomic E-state index is 0. The van der Waals surface area contributed by atoms with Crippen molar-refractivity contribution in [3.05, 3.63) is 47.7 Å². The zero-order valence-corrected chi connectivity index (χ0v) is 18.7. The van der Waals surface area contributed by atoms with Gasteiger partial charge < -0.3 is 15.1 Å². The Balaban J connectivity index is 0.00000243. The molecule has 26 heavy (non-hydrogen) atoms. The highest BCUT2D eigenvalue weighted by Crippen LogP contribution is 2.23. The van der Waals surface area contributed by atoms with E-state index < -0.39 is 0 Å². The molecule has 0 bridgehead atoms. The number of thioether (sulfide) groups is 1. The van der Waals surface area contributed by atoms with E-state index in [4.69, 9.17) is 4.42 Å². The number of aromatic nitrogens is 1. The minimum Gasteiger partial charge on any atom is -0.459 e. The highest BCUT2D eigenvalue weighted by Gasteiger charge is 2.12. The van der Waals surface area contributed by atoms with Gasteiger partial charge in [0.1, 0.15) is 15.7 Å². The van der Waals surface area contributed by atoms with Crippen molar-refractivity contribution in [2.45, 2.75) is 23.7 Å². The largest absolute Gasteiger partial charge is 0.459 e. The number of hydrogen-bond acceptors (Lipinski definition) is 5. The van der Waals surface area contributed by atoms with Gasteiger partial charge in [-0.15, -0.1) is 35.3 Å². The van der Waals surface area contributed by atoms with E-state index in [9.17, 15) is 0 Å². The number of guanidine groups is 1. The lowest BCUT2D eigenvalue weighted by Gasteiger charge is -2.16. The summed E-state index contributed by atoms with van der Waals surface area (Å²) in [5.41, 5.74) is 0.910. The third-order valence-corrected chi connectivity index (χ3v) is 5.75. The van der Waals surface area contributed by atoms with Crippen molar-refractivity contribution in [2.75, 3.05) is 19.3 Å². The molecule has 140 valence electrons. The zero-order chi connectivity index (χ0) is 17.5. The molecule has 0 amide bonds. The van der Waals surface area contributed by atoms with Crippen molar-refractivity contribution < 1.29 is 4.42 Å². The summed E-state index contributed by atoms with van der Waals surface area (Å²) in [5.74, 6) is 2.73. The average Bonchev–Trinajstić information content (AvgIpc) is 3.29. The smallest absolute Gasteiger partial charge is 0.191 e. The quantitative estimate of drug-likeness (QED) is 0.158. The van der Waals surface area contributed by atoms with Crippen LogP contribution >= 0.6 is 47.1 Å². The summed E-state index contributed by atoms with van der Waals surface area (Å²) in [4.78, 5) is 8.56. The number of para-hydroxylation sites is 1. The van der Waals surface area contributed by atoms with Gasteiger partial charge >= 0.3 is 0 Å². The molecule has 8 heteroatoms. The third kappa shape index (κ3) is 5.88. The Morgan fingerprint density at radius 2 is 2.23 bits per heavy atom. The van der Waals surface area contributed by atoms with Gasteiger partial charge in [0.25, 0.3) is 0 Å². The monoisotopic (exact) mass is 502 g/mol. The van der Waals surface area contributed by atoms with Crippen LogP contribution in [0.3, 0.4) is 0 Å². The van der Waals surface area contributed by atoms with Gasteiger partial charge in [-0.25, -0.2) is 4.98 Å². The molecule has 3 rings (SSSR count). The molecular weight excluding hydrogens is 479 g/mol. The number of halogens is 1. The molecular formula is C18H23IN4OS2. The number of aliphatic imine (C=N–C) groups is 1. The fourth-order valence-electron chi connectivity index (χ4n) is 2.41. The second kappa shape index (κ2) is 10.8. The summed E-state index contributed by atoms with van der Waals surface area (Å²) in [5, 5.41) is 9.85. The summed E-state index contributed by atoms with van der Waals surface area (Å²) in [6, 6.07) is 10.2. The minimum absolute atomic E-state index is 0. The second-order valence-corrected chi connectivity index (χ2v) is 7.79. The van der Waals surface area contributed by atoms with E-state index in [0.29, 0.717) is 0 Å². The van der Waals surface area contributed by atoms with Crippen LogP contribution in [-0.2, 0) is 0 Å². The topological polar surface area (TPSA) is 62.5 Å². The maximum absolute atomic E-state index is 5.91. The van der Waals surface area contributed by atoms with Crippen LogP contribution in [-0.4, -0.2) is 30.3 Å². The maximum atomic E-state index is 5.91. The first kappa shape index (κ1) is 21.0. The highest BCUT2D eigenvalue weighted by molar-refractivity contribution is 14.0. The first-order valence-corrected chi connectivity index (χ1v) is 10.1. The van der Waals surface area contributed by atoms with E-state index in [1.165, 1.54) is 0 Å². The first-order valence-electron chi connectivity index (χ1n) is 8.24. The first-order chi connectivity index (χ1) is 12.3. The molecule has 0 saturated carbocycles. The van der Waals surface area contributed by atoms with Crippen LogP contribution in [0, 0.1) is 0 Å². The Bertz CT molecular complexity index is 787. The molecule has 2 N–H and O–H groups in total. The summed E-state index contributed by atoms with van der Waals surface area (Å²) in [7, 11) is 1.78. The van der Waals surface area contributed by atoms with Gasteiger partial charge in [-0.1, -0.05) is 30.0 Å². The van der Waals surface area contributed by atoms with E-state index in [2.05, 4.69) is 39.7 Å². The van der Waals surface area contributed by atoms with Gasteiger partial charge in [-0.3, -0.25) is 4.99 Å². The number of hydrogen-bond donors (Lipinski definition) is 2. The second-order valence-electron chi connectivity index (χ2n) is 5.55. The number of rotatable bonds is 7. The standard InChI is InChI=1S/C18H22N4OS2.HI/c1-13(16-12-14-6-3-4-7-15(14)23-16)22-17(19-2)20-8-5-10-24-18-21-9-11-25-18;/h3-4,6-7,9,11-13H,5,8,10H2,1-2H3,(H2,19,20,22);1H. The summed E-state index contributed by atoms with van der Waals surface area (Å²) < 4.78 is 7.03. The molecule has 0 saturated heterocycles. The summed E-state index contributed by atoms with van der Waals surface area (Å²) in [6.45, 7) is 2.94. The molecule has 0 radical (unpaired) electrons. The summed E-state index contributed by atoms with van der Waals surface area (Å²) in [6.07, 6.45) is 2.89. The zero-order valence-electron chi connectivity index (χ0n) is 14.8. The number of benzene rings is 1. The number of nitrogens with one attached hydrogen (secondary N) is 2. The molecule has 0 spiro atoms. The number of fused-ring (bicyclic) bond motifs is 1. The summed E-state index contributed by atoms with van der Waals surface area (Å²) >= 11 is 3.48. The Labute approximate surface area is 179 Å². The fraction of sp³-hybridized carbons (Fsp3) is 0.333. The van der Waals surface area contributed by atoms with E-state index in [1.807, 2.05) is 29.8 Å². The lowest BCUT2D eigenvalue weighted by atomic mass is 10.2. The molecule has 0 aliphatic heterocycles. The van der Waals surface area contributed by atoms with Crippen molar-refractivity contribution >= 4 is 64.0 Å². The van der Waals surface area contributed by atoms with Crippen molar-refractivity contribution in [1.82, 2.24) is 15.6 Å². The fourth-order valence-corrected chi connectivity index (χ4v) is 4.05. The lowest BCUT2D eigenvalue weighted by Crippen LogP contribution is -2.39. The van der Waals surface area contributed by atoms with E-state index >= 15 is 0 Å². The van der Waals surface area contributed by atoms with Crippen molar-refractivity contribution in [3.63, 3.8) is 0 Å². The molecule has 0 fully saturated rings. The predicted molar refractivity (Wildman–Crippen MR) is 122 cm³/mol. The normalized spacial score (nSPS) is 12.6. The van der Waals surface area contributed by atoms with Crippen molar-refractivity contribution in [1.29, 1.82) is 0 Å². The number of thiazole rings is 1. The molecule has 1 unspecified atom stereocenters. The molecule has 2 heterocycles. The Morgan fingerprint density at radius 3 is 2.96 bits per heavy atom. The van der Waals surface area contributed by atoms with Crippen LogP contribution in [0.2, 0.25) is 0 Å². The van der Waals surface area contributed by atoms with Gasteiger partial charge in [-0.05, 0) is 25.5 Å². The maximum Gasteiger partial charge on any atom is 0.191 e.